The van der Waals surface area contributed by atoms with Crippen molar-refractivity contribution in [3.05, 3.63) is 132 Å². The summed E-state index contributed by atoms with van der Waals surface area (Å²) in [4.78, 5) is 1.26. The van der Waals surface area contributed by atoms with Crippen LogP contribution in [0.15, 0.2) is 131 Å². The highest BCUT2D eigenvalue weighted by atomic mass is 32.2. The maximum absolute atomic E-state index is 13.2. The van der Waals surface area contributed by atoms with E-state index in [1.165, 1.54) is 0 Å². The molecule has 6 atom stereocenters. The summed E-state index contributed by atoms with van der Waals surface area (Å²) >= 11 is 1.56. The number of thioether (sulfide) groups is 1. The molecule has 0 spiro atoms. The molecule has 2 fully saturated rings. The molecule has 4 aromatic carbocycles. The third-order valence-corrected chi connectivity index (χ3v) is 10.2. The van der Waals surface area contributed by atoms with E-state index in [2.05, 4.69) is 0 Å². The van der Waals surface area contributed by atoms with E-state index in [1.807, 2.05) is 91.0 Å². The Labute approximate surface area is 257 Å². The van der Waals surface area contributed by atoms with Crippen LogP contribution in [0.1, 0.15) is 11.1 Å². The van der Waals surface area contributed by atoms with Crippen molar-refractivity contribution in [1.82, 2.24) is 0 Å². The average Bonchev–Trinajstić information content (AvgIpc) is 3.05. The molecule has 0 unspecified atom stereocenters. The molecule has 0 amide bonds. The van der Waals surface area contributed by atoms with E-state index in [-0.39, 0.29) is 17.3 Å². The van der Waals surface area contributed by atoms with Crippen molar-refractivity contribution in [3.8, 4) is 0 Å². The van der Waals surface area contributed by atoms with Crippen LogP contribution in [0.2, 0.25) is 0 Å². The van der Waals surface area contributed by atoms with Crippen molar-refractivity contribution >= 4 is 21.6 Å². The Morgan fingerprint density at radius 1 is 0.674 bits per heavy atom. The van der Waals surface area contributed by atoms with Crippen molar-refractivity contribution in [3.63, 3.8) is 0 Å². The minimum absolute atomic E-state index is 0.169. The van der Waals surface area contributed by atoms with E-state index >= 15 is 0 Å². The number of sulfone groups is 1. The van der Waals surface area contributed by atoms with Crippen molar-refractivity contribution in [2.75, 3.05) is 12.4 Å². The van der Waals surface area contributed by atoms with Gasteiger partial charge in [-0.05, 0) is 35.4 Å². The molecule has 0 aliphatic carbocycles. The Hall–Kier alpha value is -3.02. The normalized spacial score (nSPS) is 25.6. The highest BCUT2D eigenvalue weighted by molar-refractivity contribution is 7.99. The standard InChI is InChI=1S/C34H34O7S2/c35-43(36,28-19-11-4-12-20-28)24-30-37-23-29-31(41-30)32(38-21-25-13-5-1-6-14-25)33(39-22-26-15-7-2-8-16-26)34(40-29)42-27-17-9-3-10-18-27/h1-20,29-34H,21-24H2/t29-,30-,31-,32+,33-,34+/m1/s1. The molecule has 0 aromatic heterocycles. The maximum atomic E-state index is 13.2. The lowest BCUT2D eigenvalue weighted by Crippen LogP contribution is -2.63. The molecule has 7 nitrogen and oxygen atoms in total. The van der Waals surface area contributed by atoms with Crippen molar-refractivity contribution in [2.24, 2.45) is 0 Å². The monoisotopic (exact) mass is 618 g/mol. The fourth-order valence-electron chi connectivity index (χ4n) is 5.21. The lowest BCUT2D eigenvalue weighted by molar-refractivity contribution is -0.321. The van der Waals surface area contributed by atoms with Gasteiger partial charge >= 0.3 is 0 Å². The Bertz CT molecular complexity index is 1520. The number of hydrogen-bond donors (Lipinski definition) is 0. The molecular formula is C34H34O7S2. The molecule has 6 rings (SSSR count). The second-order valence-electron chi connectivity index (χ2n) is 10.5. The summed E-state index contributed by atoms with van der Waals surface area (Å²) in [6.07, 6.45) is -3.16. The largest absolute Gasteiger partial charge is 0.368 e. The molecular weight excluding hydrogens is 585 g/mol. The van der Waals surface area contributed by atoms with E-state index in [0.717, 1.165) is 16.0 Å². The van der Waals surface area contributed by atoms with Crippen molar-refractivity contribution < 1.29 is 32.1 Å². The van der Waals surface area contributed by atoms with Gasteiger partial charge in [-0.1, -0.05) is 109 Å². The summed E-state index contributed by atoms with van der Waals surface area (Å²) in [6.45, 7) is 0.855. The van der Waals surface area contributed by atoms with Gasteiger partial charge in [-0.15, -0.1) is 0 Å². The van der Waals surface area contributed by atoms with Gasteiger partial charge in [0.1, 0.15) is 35.6 Å². The molecule has 43 heavy (non-hydrogen) atoms. The highest BCUT2D eigenvalue weighted by Crippen LogP contribution is 2.39. The van der Waals surface area contributed by atoms with Gasteiger partial charge in [0.05, 0.1) is 24.7 Å². The van der Waals surface area contributed by atoms with E-state index < -0.39 is 46.0 Å². The van der Waals surface area contributed by atoms with Crippen LogP contribution in [-0.2, 0) is 46.7 Å². The molecule has 2 aliphatic rings. The summed E-state index contributed by atoms with van der Waals surface area (Å²) in [5.41, 5.74) is 1.61. The van der Waals surface area contributed by atoms with Gasteiger partial charge in [-0.2, -0.15) is 0 Å². The van der Waals surface area contributed by atoms with Gasteiger partial charge in [0.15, 0.2) is 16.1 Å². The summed E-state index contributed by atoms with van der Waals surface area (Å²) in [5.74, 6) is -0.316. The zero-order valence-corrected chi connectivity index (χ0v) is 25.1. The molecule has 4 aromatic rings. The fourth-order valence-corrected chi connectivity index (χ4v) is 7.66. The first-order valence-electron chi connectivity index (χ1n) is 14.3. The van der Waals surface area contributed by atoms with Crippen LogP contribution in [0.3, 0.4) is 0 Å². The van der Waals surface area contributed by atoms with Gasteiger partial charge in [-0.3, -0.25) is 0 Å². The molecule has 0 bridgehead atoms. The van der Waals surface area contributed by atoms with Gasteiger partial charge in [0.25, 0.3) is 0 Å². The van der Waals surface area contributed by atoms with Gasteiger partial charge in [0, 0.05) is 4.90 Å². The Morgan fingerprint density at radius 3 is 1.81 bits per heavy atom. The number of hydrogen-bond acceptors (Lipinski definition) is 8. The molecule has 0 N–H and O–H groups in total. The third-order valence-electron chi connectivity index (χ3n) is 7.37. The topological polar surface area (TPSA) is 80.3 Å². The zero-order valence-electron chi connectivity index (χ0n) is 23.5. The average molecular weight is 619 g/mol. The van der Waals surface area contributed by atoms with E-state index in [9.17, 15) is 8.42 Å². The van der Waals surface area contributed by atoms with Crippen LogP contribution in [0, 0.1) is 0 Å². The van der Waals surface area contributed by atoms with Gasteiger partial charge in [0.2, 0.25) is 0 Å². The summed E-state index contributed by atoms with van der Waals surface area (Å²) in [5, 5.41) is 0. The molecule has 2 aliphatic heterocycles. The van der Waals surface area contributed by atoms with E-state index in [0.29, 0.717) is 13.2 Å². The molecule has 2 saturated heterocycles. The Balaban J connectivity index is 1.28. The SMILES string of the molecule is O=S(=O)(C[C@@H]1OC[C@H]2O[C@@H](Sc3ccccc3)[C@H](OCc3ccccc3)[C@@H](OCc3ccccc3)[C@@H]2O1)c1ccccc1. The van der Waals surface area contributed by atoms with Crippen LogP contribution in [-0.4, -0.2) is 56.9 Å². The second kappa shape index (κ2) is 14.2. The molecule has 0 saturated carbocycles. The number of fused-ring (bicyclic) bond motifs is 1. The summed E-state index contributed by atoms with van der Waals surface area (Å²) in [6, 6.07) is 38.2. The van der Waals surface area contributed by atoms with E-state index in [4.69, 9.17) is 23.7 Å². The summed E-state index contributed by atoms with van der Waals surface area (Å²) < 4.78 is 58.5. The third kappa shape index (κ3) is 7.74. The van der Waals surface area contributed by atoms with Crippen molar-refractivity contribution in [2.45, 2.75) is 59.1 Å². The Morgan fingerprint density at radius 2 is 1.21 bits per heavy atom. The second-order valence-corrected chi connectivity index (χ2v) is 13.7. The summed E-state index contributed by atoms with van der Waals surface area (Å²) in [7, 11) is -3.65. The molecule has 224 valence electrons. The van der Waals surface area contributed by atoms with Crippen LogP contribution in [0.4, 0.5) is 0 Å². The first-order valence-corrected chi connectivity index (χ1v) is 16.8. The van der Waals surface area contributed by atoms with Crippen LogP contribution in [0.25, 0.3) is 0 Å². The first kappa shape index (κ1) is 30.0. The van der Waals surface area contributed by atoms with Crippen LogP contribution < -0.4 is 0 Å². The lowest BCUT2D eigenvalue weighted by atomic mass is 9.98. The minimum Gasteiger partial charge on any atom is -0.368 e. The number of rotatable bonds is 11. The van der Waals surface area contributed by atoms with Crippen LogP contribution in [0.5, 0.6) is 0 Å². The van der Waals surface area contributed by atoms with E-state index in [1.54, 1.807) is 42.1 Å². The highest BCUT2D eigenvalue weighted by Gasteiger charge is 2.52. The number of ether oxygens (including phenoxy) is 5. The lowest BCUT2D eigenvalue weighted by Gasteiger charge is -2.49. The smallest absolute Gasteiger partial charge is 0.183 e. The molecule has 9 heteroatoms. The van der Waals surface area contributed by atoms with Gasteiger partial charge < -0.3 is 23.7 Å². The first-order chi connectivity index (χ1) is 21.0. The van der Waals surface area contributed by atoms with Crippen LogP contribution >= 0.6 is 11.8 Å². The Kier molecular flexibility index (Phi) is 9.90. The zero-order chi connectivity index (χ0) is 29.5. The quantitative estimate of drug-likeness (QED) is 0.206. The van der Waals surface area contributed by atoms with Gasteiger partial charge in [-0.25, -0.2) is 8.42 Å². The molecule has 2 heterocycles. The maximum Gasteiger partial charge on any atom is 0.183 e. The minimum atomic E-state index is -3.65. The molecule has 0 radical (unpaired) electrons. The number of benzene rings is 4. The fraction of sp³-hybridized carbons (Fsp3) is 0.294. The van der Waals surface area contributed by atoms with Crippen molar-refractivity contribution in [1.29, 1.82) is 0 Å². The predicted molar refractivity (Wildman–Crippen MR) is 164 cm³/mol. The predicted octanol–water partition coefficient (Wildman–Crippen LogP) is 5.89.